The summed E-state index contributed by atoms with van der Waals surface area (Å²) >= 11 is 0. The Morgan fingerprint density at radius 1 is 1.33 bits per heavy atom. The smallest absolute Gasteiger partial charge is 0.222 e. The van der Waals surface area contributed by atoms with Gasteiger partial charge in [-0.2, -0.15) is 0 Å². The Morgan fingerprint density at radius 2 is 2.00 bits per heavy atom. The van der Waals surface area contributed by atoms with Crippen LogP contribution in [0.15, 0.2) is 0 Å². The molecule has 108 valence electrons. The van der Waals surface area contributed by atoms with Gasteiger partial charge in [-0.05, 0) is 24.8 Å². The van der Waals surface area contributed by atoms with Gasteiger partial charge in [0.15, 0.2) is 0 Å². The van der Waals surface area contributed by atoms with Crippen LogP contribution in [0.4, 0.5) is 0 Å². The number of aliphatic hydroxyl groups is 1. The first-order valence-corrected chi connectivity index (χ1v) is 6.54. The molecule has 0 saturated carbocycles. The number of hydrogen-bond donors (Lipinski definition) is 2. The minimum absolute atomic E-state index is 0.0123. The Labute approximate surface area is 110 Å². The van der Waals surface area contributed by atoms with Gasteiger partial charge in [0.1, 0.15) is 0 Å². The van der Waals surface area contributed by atoms with Crippen molar-refractivity contribution in [1.82, 2.24) is 4.90 Å². The summed E-state index contributed by atoms with van der Waals surface area (Å²) in [6.45, 7) is 6.29. The van der Waals surface area contributed by atoms with Gasteiger partial charge in [0.2, 0.25) is 5.91 Å². The van der Waals surface area contributed by atoms with Crippen LogP contribution in [-0.2, 0) is 9.53 Å². The molecule has 0 aromatic heterocycles. The van der Waals surface area contributed by atoms with E-state index >= 15 is 0 Å². The van der Waals surface area contributed by atoms with Crippen molar-refractivity contribution >= 4 is 5.91 Å². The van der Waals surface area contributed by atoms with Gasteiger partial charge in [0.25, 0.3) is 0 Å². The number of nitrogens with two attached hydrogens (primary N) is 1. The van der Waals surface area contributed by atoms with Gasteiger partial charge >= 0.3 is 0 Å². The lowest BCUT2D eigenvalue weighted by molar-refractivity contribution is -0.133. The van der Waals surface area contributed by atoms with Gasteiger partial charge in [-0.25, -0.2) is 0 Å². The summed E-state index contributed by atoms with van der Waals surface area (Å²) in [5.74, 6) is 0.0752. The molecule has 0 radical (unpaired) electrons. The second-order valence-corrected chi connectivity index (χ2v) is 5.30. The van der Waals surface area contributed by atoms with Crippen LogP contribution >= 0.6 is 0 Å². The molecule has 0 spiro atoms. The van der Waals surface area contributed by atoms with E-state index in [-0.39, 0.29) is 17.9 Å². The fraction of sp³-hybridized carbons (Fsp3) is 0.923. The highest BCUT2D eigenvalue weighted by Crippen LogP contribution is 2.26. The van der Waals surface area contributed by atoms with Crippen molar-refractivity contribution in [2.75, 3.05) is 40.0 Å². The van der Waals surface area contributed by atoms with Crippen LogP contribution < -0.4 is 5.73 Å². The molecule has 0 atom stereocenters. The van der Waals surface area contributed by atoms with Crippen molar-refractivity contribution in [2.24, 2.45) is 11.1 Å². The predicted octanol–water partition coefficient (Wildman–Crippen LogP) is 0.609. The van der Waals surface area contributed by atoms with Crippen molar-refractivity contribution in [2.45, 2.75) is 33.1 Å². The number of amides is 1. The second-order valence-electron chi connectivity index (χ2n) is 5.30. The van der Waals surface area contributed by atoms with Crippen molar-refractivity contribution in [3.8, 4) is 0 Å². The molecule has 0 aliphatic rings. The molecule has 18 heavy (non-hydrogen) atoms. The molecule has 0 bridgehead atoms. The van der Waals surface area contributed by atoms with E-state index in [4.69, 9.17) is 15.6 Å². The molecule has 0 rings (SSSR count). The number of carbonyl (C=O) groups is 1. The zero-order valence-electron chi connectivity index (χ0n) is 11.9. The summed E-state index contributed by atoms with van der Waals surface area (Å²) in [5.41, 5.74) is 5.64. The minimum Gasteiger partial charge on any atom is -0.395 e. The van der Waals surface area contributed by atoms with Crippen LogP contribution in [0.3, 0.4) is 0 Å². The van der Waals surface area contributed by atoms with E-state index in [1.807, 2.05) is 0 Å². The summed E-state index contributed by atoms with van der Waals surface area (Å²) in [7, 11) is 1.60. The third kappa shape index (κ3) is 7.63. The highest BCUT2D eigenvalue weighted by atomic mass is 16.5. The van der Waals surface area contributed by atoms with Gasteiger partial charge < -0.3 is 20.5 Å². The van der Waals surface area contributed by atoms with Crippen LogP contribution in [0.5, 0.6) is 0 Å². The van der Waals surface area contributed by atoms with Crippen molar-refractivity contribution in [3.05, 3.63) is 0 Å². The quantitative estimate of drug-likeness (QED) is 0.603. The minimum atomic E-state index is -0.0123. The van der Waals surface area contributed by atoms with Crippen LogP contribution in [0.2, 0.25) is 0 Å². The third-order valence-electron chi connectivity index (χ3n) is 3.12. The van der Waals surface area contributed by atoms with Gasteiger partial charge in [0, 0.05) is 26.6 Å². The second kappa shape index (κ2) is 9.30. The molecule has 0 aliphatic heterocycles. The lowest BCUT2D eigenvalue weighted by Crippen LogP contribution is -2.36. The molecular weight excluding hydrogens is 232 g/mol. The largest absolute Gasteiger partial charge is 0.395 e. The average Bonchev–Trinajstić information content (AvgIpc) is 2.31. The van der Waals surface area contributed by atoms with Gasteiger partial charge in [0.05, 0.1) is 13.2 Å². The van der Waals surface area contributed by atoms with Gasteiger partial charge in [-0.15, -0.1) is 0 Å². The Bertz CT molecular complexity index is 232. The van der Waals surface area contributed by atoms with E-state index in [0.29, 0.717) is 32.7 Å². The Hall–Kier alpha value is -0.650. The van der Waals surface area contributed by atoms with Crippen molar-refractivity contribution in [1.29, 1.82) is 0 Å². The first kappa shape index (κ1) is 17.4. The standard InChI is InChI=1S/C13H28N2O3/c1-13(2,6-7-14)5-4-12(17)15(8-10-16)9-11-18-3/h16H,4-11,14H2,1-3H3. The first-order valence-electron chi connectivity index (χ1n) is 6.54. The van der Waals surface area contributed by atoms with Crippen LogP contribution in [0.1, 0.15) is 33.1 Å². The molecule has 0 saturated heterocycles. The van der Waals surface area contributed by atoms with E-state index in [9.17, 15) is 4.79 Å². The lowest BCUT2D eigenvalue weighted by atomic mass is 9.84. The van der Waals surface area contributed by atoms with Gasteiger partial charge in [-0.1, -0.05) is 13.8 Å². The summed E-state index contributed by atoms with van der Waals surface area (Å²) in [6, 6.07) is 0. The van der Waals surface area contributed by atoms with Crippen LogP contribution in [0, 0.1) is 5.41 Å². The SMILES string of the molecule is COCCN(CCO)C(=O)CCC(C)(C)CCN. The molecular formula is C13H28N2O3. The van der Waals surface area contributed by atoms with Crippen LogP contribution in [-0.4, -0.2) is 55.9 Å². The zero-order chi connectivity index (χ0) is 14.0. The van der Waals surface area contributed by atoms with E-state index in [1.54, 1.807) is 12.0 Å². The van der Waals surface area contributed by atoms with E-state index in [1.165, 1.54) is 0 Å². The zero-order valence-corrected chi connectivity index (χ0v) is 11.9. The Morgan fingerprint density at radius 3 is 2.50 bits per heavy atom. The fourth-order valence-corrected chi connectivity index (χ4v) is 1.80. The number of aliphatic hydroxyl groups excluding tert-OH is 1. The summed E-state index contributed by atoms with van der Waals surface area (Å²) in [5, 5.41) is 8.95. The van der Waals surface area contributed by atoms with Crippen LogP contribution in [0.25, 0.3) is 0 Å². The molecule has 0 aromatic carbocycles. The topological polar surface area (TPSA) is 75.8 Å². The maximum Gasteiger partial charge on any atom is 0.222 e. The maximum absolute atomic E-state index is 12.0. The molecule has 0 aromatic rings. The number of rotatable bonds is 10. The molecule has 3 N–H and O–H groups in total. The molecule has 5 nitrogen and oxygen atoms in total. The molecule has 0 heterocycles. The molecule has 0 fully saturated rings. The number of methoxy groups -OCH3 is 1. The summed E-state index contributed by atoms with van der Waals surface area (Å²) in [6.07, 6.45) is 2.23. The Kier molecular flexibility index (Phi) is 8.97. The lowest BCUT2D eigenvalue weighted by Gasteiger charge is -2.26. The third-order valence-corrected chi connectivity index (χ3v) is 3.12. The summed E-state index contributed by atoms with van der Waals surface area (Å²) < 4.78 is 4.96. The van der Waals surface area contributed by atoms with E-state index < -0.39 is 0 Å². The average molecular weight is 260 g/mol. The number of ether oxygens (including phenoxy) is 1. The molecule has 0 unspecified atom stereocenters. The maximum atomic E-state index is 12.0. The number of carbonyl (C=O) groups excluding carboxylic acids is 1. The van der Waals surface area contributed by atoms with E-state index in [0.717, 1.165) is 12.8 Å². The first-order chi connectivity index (χ1) is 8.46. The molecule has 1 amide bonds. The van der Waals surface area contributed by atoms with Crippen molar-refractivity contribution in [3.63, 3.8) is 0 Å². The Balaban J connectivity index is 4.16. The number of nitrogens with zero attached hydrogens (tertiary/aromatic N) is 1. The summed E-state index contributed by atoms with van der Waals surface area (Å²) in [4.78, 5) is 13.7. The monoisotopic (exact) mass is 260 g/mol. The predicted molar refractivity (Wildman–Crippen MR) is 72.2 cm³/mol. The van der Waals surface area contributed by atoms with Crippen molar-refractivity contribution < 1.29 is 14.6 Å². The van der Waals surface area contributed by atoms with Gasteiger partial charge in [-0.3, -0.25) is 4.79 Å². The fourth-order valence-electron chi connectivity index (χ4n) is 1.80. The highest BCUT2D eigenvalue weighted by Gasteiger charge is 2.20. The molecule has 0 aliphatic carbocycles. The molecule has 5 heteroatoms. The van der Waals surface area contributed by atoms with E-state index in [2.05, 4.69) is 13.8 Å². The normalized spacial score (nSPS) is 11.6. The highest BCUT2D eigenvalue weighted by molar-refractivity contribution is 5.76. The number of hydrogen-bond acceptors (Lipinski definition) is 4.